The molecular formula is C12H17NO3. The molecule has 1 fully saturated rings. The van der Waals surface area contributed by atoms with Gasteiger partial charge in [-0.1, -0.05) is 6.42 Å². The molecule has 0 aliphatic carbocycles. The van der Waals surface area contributed by atoms with Crippen molar-refractivity contribution in [3.8, 4) is 5.75 Å². The van der Waals surface area contributed by atoms with Crippen molar-refractivity contribution in [2.75, 3.05) is 6.54 Å². The number of piperidine rings is 1. The van der Waals surface area contributed by atoms with E-state index in [-0.39, 0.29) is 11.2 Å². The fourth-order valence-electron chi connectivity index (χ4n) is 2.12. The van der Waals surface area contributed by atoms with Crippen molar-refractivity contribution in [2.45, 2.75) is 38.8 Å². The molecular weight excluding hydrogens is 206 g/mol. The number of hydrogen-bond acceptors (Lipinski definition) is 4. The maximum absolute atomic E-state index is 11.2. The van der Waals surface area contributed by atoms with Crippen LogP contribution < -0.4 is 5.43 Å². The molecule has 1 aromatic rings. The largest absolute Gasteiger partial charge is 0.502 e. The van der Waals surface area contributed by atoms with E-state index in [1.165, 1.54) is 25.3 Å². The second-order valence-corrected chi connectivity index (χ2v) is 4.41. The molecule has 2 rings (SSSR count). The average Bonchev–Trinajstić information content (AvgIpc) is 2.27. The lowest BCUT2D eigenvalue weighted by Gasteiger charge is -2.32. The lowest BCUT2D eigenvalue weighted by molar-refractivity contribution is 0.140. The van der Waals surface area contributed by atoms with E-state index in [9.17, 15) is 4.79 Å². The summed E-state index contributed by atoms with van der Waals surface area (Å²) >= 11 is 0. The molecule has 1 aliphatic heterocycles. The molecule has 1 unspecified atom stereocenters. The van der Waals surface area contributed by atoms with Gasteiger partial charge in [0.05, 0.1) is 6.54 Å². The molecule has 1 atom stereocenters. The summed E-state index contributed by atoms with van der Waals surface area (Å²) in [6.45, 7) is 3.89. The molecule has 0 aromatic carbocycles. The Kier molecular flexibility index (Phi) is 3.29. The first-order valence-corrected chi connectivity index (χ1v) is 5.71. The molecule has 2 heterocycles. The van der Waals surface area contributed by atoms with Crippen molar-refractivity contribution in [3.63, 3.8) is 0 Å². The summed E-state index contributed by atoms with van der Waals surface area (Å²) in [5, 5.41) is 9.08. The number of rotatable bonds is 2. The number of nitrogens with zero attached hydrogens (tertiary/aromatic N) is 1. The molecule has 0 amide bonds. The minimum absolute atomic E-state index is 0.324. The standard InChI is InChI=1S/C12H17NO3/c1-9-4-2-3-5-13(9)7-10-6-11(14)12(15)8-16-10/h6,8-9,15H,2-5,7H2,1H3. The summed E-state index contributed by atoms with van der Waals surface area (Å²) in [6, 6.07) is 1.91. The van der Waals surface area contributed by atoms with Gasteiger partial charge in [-0.15, -0.1) is 0 Å². The minimum Gasteiger partial charge on any atom is -0.502 e. The Bertz CT molecular complexity index is 413. The lowest BCUT2D eigenvalue weighted by Crippen LogP contribution is -2.36. The first-order valence-electron chi connectivity index (χ1n) is 5.71. The van der Waals surface area contributed by atoms with E-state index in [2.05, 4.69) is 11.8 Å². The second kappa shape index (κ2) is 4.70. The Labute approximate surface area is 94.5 Å². The van der Waals surface area contributed by atoms with Crippen LogP contribution >= 0.6 is 0 Å². The van der Waals surface area contributed by atoms with Crippen LogP contribution in [0.4, 0.5) is 0 Å². The van der Waals surface area contributed by atoms with E-state index >= 15 is 0 Å². The van der Waals surface area contributed by atoms with Gasteiger partial charge in [-0.25, -0.2) is 0 Å². The van der Waals surface area contributed by atoms with Gasteiger partial charge in [0, 0.05) is 12.1 Å². The first-order chi connectivity index (χ1) is 7.66. The second-order valence-electron chi connectivity index (χ2n) is 4.41. The Morgan fingerprint density at radius 1 is 1.56 bits per heavy atom. The lowest BCUT2D eigenvalue weighted by atomic mass is 10.0. The van der Waals surface area contributed by atoms with Crippen LogP contribution in [0.15, 0.2) is 21.5 Å². The summed E-state index contributed by atoms with van der Waals surface area (Å²) in [5.41, 5.74) is -0.370. The average molecular weight is 223 g/mol. The van der Waals surface area contributed by atoms with Crippen molar-refractivity contribution in [2.24, 2.45) is 0 Å². The Morgan fingerprint density at radius 2 is 2.38 bits per heavy atom. The zero-order valence-corrected chi connectivity index (χ0v) is 9.48. The monoisotopic (exact) mass is 223 g/mol. The first kappa shape index (κ1) is 11.2. The third-order valence-corrected chi connectivity index (χ3v) is 3.17. The van der Waals surface area contributed by atoms with Gasteiger partial charge < -0.3 is 9.52 Å². The molecule has 1 saturated heterocycles. The van der Waals surface area contributed by atoms with E-state index in [0.29, 0.717) is 18.3 Å². The van der Waals surface area contributed by atoms with Gasteiger partial charge in [0.25, 0.3) is 0 Å². The van der Waals surface area contributed by atoms with Crippen LogP contribution in [-0.4, -0.2) is 22.6 Å². The van der Waals surface area contributed by atoms with Crippen molar-refractivity contribution in [1.29, 1.82) is 0 Å². The fraction of sp³-hybridized carbons (Fsp3) is 0.583. The maximum atomic E-state index is 11.2. The Hall–Kier alpha value is -1.29. The van der Waals surface area contributed by atoms with Crippen molar-refractivity contribution >= 4 is 0 Å². The summed E-state index contributed by atoms with van der Waals surface area (Å²) in [4.78, 5) is 13.5. The van der Waals surface area contributed by atoms with E-state index in [0.717, 1.165) is 12.8 Å². The number of hydrogen-bond donors (Lipinski definition) is 1. The van der Waals surface area contributed by atoms with Crippen molar-refractivity contribution in [3.05, 3.63) is 28.3 Å². The molecule has 1 aliphatic rings. The van der Waals surface area contributed by atoms with Gasteiger partial charge >= 0.3 is 0 Å². The highest BCUT2D eigenvalue weighted by molar-refractivity contribution is 5.15. The van der Waals surface area contributed by atoms with Crippen molar-refractivity contribution in [1.82, 2.24) is 4.90 Å². The molecule has 4 heteroatoms. The van der Waals surface area contributed by atoms with Crippen LogP contribution in [0.2, 0.25) is 0 Å². The zero-order valence-electron chi connectivity index (χ0n) is 9.48. The predicted molar refractivity (Wildman–Crippen MR) is 60.4 cm³/mol. The van der Waals surface area contributed by atoms with Gasteiger partial charge in [-0.05, 0) is 26.3 Å². The van der Waals surface area contributed by atoms with Gasteiger partial charge in [0.2, 0.25) is 5.43 Å². The molecule has 0 radical (unpaired) electrons. The quantitative estimate of drug-likeness (QED) is 0.829. The zero-order chi connectivity index (χ0) is 11.5. The van der Waals surface area contributed by atoms with E-state index in [1.807, 2.05) is 0 Å². The van der Waals surface area contributed by atoms with Crippen molar-refractivity contribution < 1.29 is 9.52 Å². The summed E-state index contributed by atoms with van der Waals surface area (Å²) < 4.78 is 5.20. The molecule has 4 nitrogen and oxygen atoms in total. The van der Waals surface area contributed by atoms with Crippen LogP contribution in [0.3, 0.4) is 0 Å². The van der Waals surface area contributed by atoms with Crippen LogP contribution in [0.25, 0.3) is 0 Å². The van der Waals surface area contributed by atoms with Gasteiger partial charge in [0.15, 0.2) is 5.75 Å². The molecule has 88 valence electrons. The van der Waals surface area contributed by atoms with Gasteiger partial charge in [-0.2, -0.15) is 0 Å². The van der Waals surface area contributed by atoms with Crippen LogP contribution in [0.5, 0.6) is 5.75 Å². The number of aromatic hydroxyl groups is 1. The molecule has 1 aromatic heterocycles. The van der Waals surface area contributed by atoms with Gasteiger partial charge in [0.1, 0.15) is 12.0 Å². The normalized spacial score (nSPS) is 22.2. The molecule has 0 bridgehead atoms. The Morgan fingerprint density at radius 3 is 3.06 bits per heavy atom. The topological polar surface area (TPSA) is 53.7 Å². The third-order valence-electron chi connectivity index (χ3n) is 3.17. The van der Waals surface area contributed by atoms with Gasteiger partial charge in [-0.3, -0.25) is 9.69 Å². The third kappa shape index (κ3) is 2.44. The smallest absolute Gasteiger partial charge is 0.226 e. The van der Waals surface area contributed by atoms with E-state index in [4.69, 9.17) is 9.52 Å². The molecule has 0 saturated carbocycles. The van der Waals surface area contributed by atoms with E-state index < -0.39 is 0 Å². The maximum Gasteiger partial charge on any atom is 0.226 e. The highest BCUT2D eigenvalue weighted by Gasteiger charge is 2.19. The molecule has 1 N–H and O–H groups in total. The summed E-state index contributed by atoms with van der Waals surface area (Å²) in [7, 11) is 0. The summed E-state index contributed by atoms with van der Waals surface area (Å²) in [6.07, 6.45) is 4.79. The molecule has 16 heavy (non-hydrogen) atoms. The summed E-state index contributed by atoms with van der Waals surface area (Å²) in [5.74, 6) is 0.298. The Balaban J connectivity index is 2.08. The van der Waals surface area contributed by atoms with Crippen LogP contribution in [0, 0.1) is 0 Å². The predicted octanol–water partition coefficient (Wildman–Crippen LogP) is 1.72. The van der Waals surface area contributed by atoms with E-state index in [1.54, 1.807) is 0 Å². The molecule has 0 spiro atoms. The highest BCUT2D eigenvalue weighted by Crippen LogP contribution is 2.18. The highest BCUT2D eigenvalue weighted by atomic mass is 16.4. The SMILES string of the molecule is CC1CCCCN1Cc1cc(=O)c(O)co1. The fourth-order valence-corrected chi connectivity index (χ4v) is 2.12. The van der Waals surface area contributed by atoms with Crippen LogP contribution in [0.1, 0.15) is 31.9 Å². The van der Waals surface area contributed by atoms with Crippen LogP contribution in [-0.2, 0) is 6.54 Å². The number of likely N-dealkylation sites (tertiary alicyclic amines) is 1. The minimum atomic E-state index is -0.370.